The molecule has 0 aliphatic heterocycles. The molecule has 2 aromatic rings. The molecular formula is C39H50. The Morgan fingerprint density at radius 3 is 2.36 bits per heavy atom. The van der Waals surface area contributed by atoms with Crippen molar-refractivity contribution in [2.75, 3.05) is 0 Å². The van der Waals surface area contributed by atoms with Crippen LogP contribution in [0.4, 0.5) is 0 Å². The van der Waals surface area contributed by atoms with E-state index < -0.39 is 0 Å². The van der Waals surface area contributed by atoms with Crippen LogP contribution in [0, 0.1) is 37.0 Å². The molecule has 0 N–H and O–H groups in total. The van der Waals surface area contributed by atoms with Crippen LogP contribution in [0.1, 0.15) is 100.0 Å². The monoisotopic (exact) mass is 518 g/mol. The van der Waals surface area contributed by atoms with E-state index in [1.54, 1.807) is 5.56 Å². The third kappa shape index (κ3) is 6.42. The molecule has 206 valence electrons. The maximum absolute atomic E-state index is 4.62. The van der Waals surface area contributed by atoms with Gasteiger partial charge in [-0.15, -0.1) is 0 Å². The molecule has 39 heavy (non-hydrogen) atoms. The molecule has 1 saturated carbocycles. The van der Waals surface area contributed by atoms with Gasteiger partial charge in [0.15, 0.2) is 0 Å². The molecule has 0 amide bonds. The summed E-state index contributed by atoms with van der Waals surface area (Å²) in [6.07, 6.45) is 20.0. The van der Waals surface area contributed by atoms with Gasteiger partial charge in [-0.25, -0.2) is 0 Å². The van der Waals surface area contributed by atoms with Crippen LogP contribution in [0.15, 0.2) is 72.4 Å². The first-order valence-electron chi connectivity index (χ1n) is 15.6. The second-order valence-corrected chi connectivity index (χ2v) is 14.2. The summed E-state index contributed by atoms with van der Waals surface area (Å²) in [5.74, 6) is 1.62. The van der Waals surface area contributed by atoms with Gasteiger partial charge < -0.3 is 0 Å². The van der Waals surface area contributed by atoms with E-state index >= 15 is 0 Å². The Labute approximate surface area is 239 Å². The highest BCUT2D eigenvalue weighted by Crippen LogP contribution is 2.44. The summed E-state index contributed by atoms with van der Waals surface area (Å²) in [5, 5.41) is 0. The second kappa shape index (κ2) is 11.5. The Morgan fingerprint density at radius 1 is 0.897 bits per heavy atom. The van der Waals surface area contributed by atoms with Crippen LogP contribution in [0.2, 0.25) is 0 Å². The summed E-state index contributed by atoms with van der Waals surface area (Å²) < 4.78 is 0. The minimum atomic E-state index is 0.291. The summed E-state index contributed by atoms with van der Waals surface area (Å²) in [6.45, 7) is 20.7. The van der Waals surface area contributed by atoms with Crippen LogP contribution in [0.25, 0.3) is 17.2 Å². The van der Waals surface area contributed by atoms with Crippen LogP contribution in [-0.4, -0.2) is 0 Å². The zero-order valence-electron chi connectivity index (χ0n) is 25.3. The predicted molar refractivity (Wildman–Crippen MR) is 171 cm³/mol. The van der Waals surface area contributed by atoms with E-state index in [0.29, 0.717) is 17.3 Å². The quantitative estimate of drug-likeness (QED) is 0.263. The SMILES string of the molecule is C=C1C=CC(CC(C)(C)C)C(=C)C1CC1=Cc2cccc(-c3cc(C)cc(C)c3CC3CCCCCC3)c2C1. The van der Waals surface area contributed by atoms with E-state index in [-0.39, 0.29) is 0 Å². The largest absolute Gasteiger partial charge is 0.0986 e. The number of benzene rings is 2. The second-order valence-electron chi connectivity index (χ2n) is 14.2. The predicted octanol–water partition coefficient (Wildman–Crippen LogP) is 11.2. The first-order chi connectivity index (χ1) is 18.6. The molecule has 0 heteroatoms. The van der Waals surface area contributed by atoms with Gasteiger partial charge in [0.25, 0.3) is 0 Å². The van der Waals surface area contributed by atoms with Gasteiger partial charge in [-0.2, -0.15) is 0 Å². The van der Waals surface area contributed by atoms with Crippen molar-refractivity contribution in [1.82, 2.24) is 0 Å². The van der Waals surface area contributed by atoms with Crippen molar-refractivity contribution >= 4 is 6.08 Å². The molecule has 0 radical (unpaired) electrons. The normalized spacial score (nSPS) is 22.1. The number of rotatable bonds is 6. The number of hydrogen-bond acceptors (Lipinski definition) is 0. The molecule has 0 heterocycles. The first kappa shape index (κ1) is 27.9. The molecule has 0 saturated heterocycles. The molecule has 3 aliphatic carbocycles. The lowest BCUT2D eigenvalue weighted by molar-refractivity contribution is 0.334. The Balaban J connectivity index is 1.40. The van der Waals surface area contributed by atoms with Crippen molar-refractivity contribution in [2.45, 2.75) is 98.8 Å². The highest BCUT2D eigenvalue weighted by Gasteiger charge is 2.30. The lowest BCUT2D eigenvalue weighted by atomic mass is 9.71. The van der Waals surface area contributed by atoms with Crippen LogP contribution < -0.4 is 0 Å². The lowest BCUT2D eigenvalue weighted by Crippen LogP contribution is -2.21. The average molecular weight is 519 g/mol. The van der Waals surface area contributed by atoms with Crippen molar-refractivity contribution in [3.8, 4) is 11.1 Å². The fraction of sp³-hybridized carbons (Fsp3) is 0.487. The highest BCUT2D eigenvalue weighted by molar-refractivity contribution is 5.80. The molecule has 3 aliphatic rings. The van der Waals surface area contributed by atoms with Crippen molar-refractivity contribution in [2.24, 2.45) is 23.2 Å². The third-order valence-electron chi connectivity index (χ3n) is 9.56. The third-order valence-corrected chi connectivity index (χ3v) is 9.56. The molecule has 0 aromatic heterocycles. The standard InChI is InChI=1S/C39H50/c1-26-19-28(3)36(22-30-13-10-8-9-11-14-30)38(20-26)34-16-12-15-32-21-31(24-37(32)34)23-35-27(2)17-18-33(29(35)4)25-39(5,6)7/h12,15-21,30,33,35H,2,4,8-11,13-14,22-25H2,1,3,5-7H3. The van der Waals surface area contributed by atoms with Gasteiger partial charge in [-0.3, -0.25) is 0 Å². The van der Waals surface area contributed by atoms with Crippen LogP contribution >= 0.6 is 0 Å². The van der Waals surface area contributed by atoms with Gasteiger partial charge in [0.2, 0.25) is 0 Å². The number of fused-ring (bicyclic) bond motifs is 1. The maximum Gasteiger partial charge on any atom is 0.00827 e. The number of aryl methyl sites for hydroxylation is 2. The topological polar surface area (TPSA) is 0 Å². The molecular weight excluding hydrogens is 468 g/mol. The zero-order valence-corrected chi connectivity index (χ0v) is 25.3. The minimum absolute atomic E-state index is 0.291. The van der Waals surface area contributed by atoms with Gasteiger partial charge in [0.05, 0.1) is 0 Å². The molecule has 0 bridgehead atoms. The highest BCUT2D eigenvalue weighted by atomic mass is 14.3. The first-order valence-corrected chi connectivity index (χ1v) is 15.6. The fourth-order valence-corrected chi connectivity index (χ4v) is 7.54. The summed E-state index contributed by atoms with van der Waals surface area (Å²) in [7, 11) is 0. The van der Waals surface area contributed by atoms with E-state index in [0.717, 1.165) is 25.2 Å². The molecule has 2 atom stereocenters. The van der Waals surface area contributed by atoms with E-state index in [9.17, 15) is 0 Å². The Morgan fingerprint density at radius 2 is 1.64 bits per heavy atom. The summed E-state index contributed by atoms with van der Waals surface area (Å²) in [5.41, 5.74) is 14.7. The number of allylic oxidation sites excluding steroid dienone is 5. The van der Waals surface area contributed by atoms with E-state index in [2.05, 4.69) is 96.3 Å². The lowest BCUT2D eigenvalue weighted by Gasteiger charge is -2.33. The molecule has 0 nitrogen and oxygen atoms in total. The van der Waals surface area contributed by atoms with E-state index in [1.807, 2.05) is 0 Å². The van der Waals surface area contributed by atoms with Crippen LogP contribution in [0.3, 0.4) is 0 Å². The zero-order chi connectivity index (χ0) is 27.7. The van der Waals surface area contributed by atoms with Gasteiger partial charge in [0, 0.05) is 5.92 Å². The van der Waals surface area contributed by atoms with Crippen LogP contribution in [0.5, 0.6) is 0 Å². The van der Waals surface area contributed by atoms with Crippen molar-refractivity contribution in [3.63, 3.8) is 0 Å². The summed E-state index contributed by atoms with van der Waals surface area (Å²) in [6, 6.07) is 11.9. The van der Waals surface area contributed by atoms with Gasteiger partial charge in [-0.1, -0.05) is 138 Å². The van der Waals surface area contributed by atoms with Crippen molar-refractivity contribution < 1.29 is 0 Å². The van der Waals surface area contributed by atoms with Gasteiger partial charge in [0.1, 0.15) is 0 Å². The minimum Gasteiger partial charge on any atom is -0.0986 e. The summed E-state index contributed by atoms with van der Waals surface area (Å²) >= 11 is 0. The average Bonchev–Trinajstić information content (AvgIpc) is 3.11. The van der Waals surface area contributed by atoms with Gasteiger partial charge in [-0.05, 0) is 95.7 Å². The molecule has 5 rings (SSSR count). The van der Waals surface area contributed by atoms with Crippen LogP contribution in [-0.2, 0) is 12.8 Å². The Hall–Kier alpha value is -2.60. The fourth-order valence-electron chi connectivity index (χ4n) is 7.54. The van der Waals surface area contributed by atoms with Crippen molar-refractivity contribution in [1.29, 1.82) is 0 Å². The number of hydrogen-bond donors (Lipinski definition) is 0. The Kier molecular flexibility index (Phi) is 8.23. The molecule has 0 spiro atoms. The summed E-state index contributed by atoms with van der Waals surface area (Å²) in [4.78, 5) is 0. The molecule has 2 aromatic carbocycles. The van der Waals surface area contributed by atoms with E-state index in [1.165, 1.54) is 95.0 Å². The maximum atomic E-state index is 4.62. The smallest absolute Gasteiger partial charge is 0.00827 e. The molecule has 1 fully saturated rings. The van der Waals surface area contributed by atoms with Gasteiger partial charge >= 0.3 is 0 Å². The molecule has 2 unspecified atom stereocenters. The van der Waals surface area contributed by atoms with E-state index in [4.69, 9.17) is 0 Å². The van der Waals surface area contributed by atoms with Crippen molar-refractivity contribution in [3.05, 3.63) is 100 Å². The Bertz CT molecular complexity index is 1300.